The van der Waals surface area contributed by atoms with Crippen molar-refractivity contribution in [2.75, 3.05) is 0 Å². The Morgan fingerprint density at radius 2 is 0.586 bits per heavy atom. The van der Waals surface area contributed by atoms with Crippen molar-refractivity contribution >= 4 is 0 Å². The van der Waals surface area contributed by atoms with Gasteiger partial charge >= 0.3 is 20.1 Å². The van der Waals surface area contributed by atoms with Crippen LogP contribution in [-0.4, -0.2) is 15.0 Å². The SMILES string of the molecule is Cc1ccc(-c2[c-]ccc(-c3ccccc3)c2)nc1.Cc1ccc(-c2[c-]ccc(-c3ccccc3)c2)nc1.Cc1ccc(-c2[c-]ccc(-c3ccccc3)c2)nc1.[Ir+3]. The van der Waals surface area contributed by atoms with E-state index in [-0.39, 0.29) is 20.1 Å². The maximum atomic E-state index is 4.45. The summed E-state index contributed by atoms with van der Waals surface area (Å²) < 4.78 is 0. The number of aromatic nitrogens is 3. The first kappa shape index (κ1) is 41.1. The first-order valence-electron chi connectivity index (χ1n) is 19.0. The van der Waals surface area contributed by atoms with Gasteiger partial charge in [0, 0.05) is 18.6 Å². The molecule has 0 aliphatic carbocycles. The van der Waals surface area contributed by atoms with Crippen LogP contribution in [0.15, 0.2) is 201 Å². The van der Waals surface area contributed by atoms with Crippen LogP contribution in [0.4, 0.5) is 0 Å². The molecule has 3 nitrogen and oxygen atoms in total. The Balaban J connectivity index is 0.000000145. The summed E-state index contributed by atoms with van der Waals surface area (Å²) in [4.78, 5) is 13.4. The smallest absolute Gasteiger partial charge is 0.304 e. The second kappa shape index (κ2) is 20.5. The van der Waals surface area contributed by atoms with Gasteiger partial charge in [0.2, 0.25) is 0 Å². The Morgan fingerprint density at radius 3 is 0.828 bits per heavy atom. The van der Waals surface area contributed by atoms with E-state index in [1.807, 2.05) is 94.0 Å². The summed E-state index contributed by atoms with van der Waals surface area (Å²) in [5.41, 5.74) is 16.7. The van der Waals surface area contributed by atoms with E-state index >= 15 is 0 Å². The fourth-order valence-corrected chi connectivity index (χ4v) is 6.16. The van der Waals surface area contributed by atoms with Gasteiger partial charge in [0.05, 0.1) is 0 Å². The first-order chi connectivity index (χ1) is 28.0. The molecule has 9 aromatic rings. The topological polar surface area (TPSA) is 38.7 Å². The van der Waals surface area contributed by atoms with Gasteiger partial charge in [-0.2, -0.15) is 0 Å². The van der Waals surface area contributed by atoms with Crippen LogP contribution in [0, 0.1) is 39.0 Å². The van der Waals surface area contributed by atoms with E-state index in [4.69, 9.17) is 0 Å². The van der Waals surface area contributed by atoms with Crippen molar-refractivity contribution in [2.45, 2.75) is 20.8 Å². The molecular formula is C54H42IrN3. The largest absolute Gasteiger partial charge is 3.00 e. The predicted molar refractivity (Wildman–Crippen MR) is 236 cm³/mol. The molecule has 0 bridgehead atoms. The maximum Gasteiger partial charge on any atom is 3.00 e. The molecule has 0 unspecified atom stereocenters. The van der Waals surface area contributed by atoms with E-state index < -0.39 is 0 Å². The molecule has 3 aromatic heterocycles. The van der Waals surface area contributed by atoms with Crippen LogP contribution in [-0.2, 0) is 20.1 Å². The second-order valence-electron chi connectivity index (χ2n) is 13.7. The number of hydrogen-bond donors (Lipinski definition) is 0. The fourth-order valence-electron chi connectivity index (χ4n) is 6.16. The number of hydrogen-bond acceptors (Lipinski definition) is 3. The van der Waals surface area contributed by atoms with Gasteiger partial charge in [0.15, 0.2) is 0 Å². The number of nitrogens with zero attached hydrogens (tertiary/aromatic N) is 3. The molecule has 3 heterocycles. The Hall–Kier alpha value is -6.58. The van der Waals surface area contributed by atoms with Crippen molar-refractivity contribution in [1.82, 2.24) is 15.0 Å². The third-order valence-electron chi connectivity index (χ3n) is 9.29. The number of aryl methyl sites for hydroxylation is 3. The summed E-state index contributed by atoms with van der Waals surface area (Å²) in [5.74, 6) is 0. The first-order valence-corrected chi connectivity index (χ1v) is 19.0. The van der Waals surface area contributed by atoms with Gasteiger partial charge in [-0.1, -0.05) is 127 Å². The van der Waals surface area contributed by atoms with Gasteiger partial charge in [-0.05, 0) is 71.2 Å². The summed E-state index contributed by atoms with van der Waals surface area (Å²) in [7, 11) is 0. The molecule has 0 aliphatic rings. The molecule has 0 saturated carbocycles. The average Bonchev–Trinajstić information content (AvgIpc) is 3.29. The minimum absolute atomic E-state index is 0. The molecule has 0 atom stereocenters. The van der Waals surface area contributed by atoms with Gasteiger partial charge in [0.25, 0.3) is 0 Å². The third-order valence-corrected chi connectivity index (χ3v) is 9.29. The molecule has 0 spiro atoms. The molecule has 0 aliphatic heterocycles. The summed E-state index contributed by atoms with van der Waals surface area (Å²) in [6.45, 7) is 6.13. The van der Waals surface area contributed by atoms with Crippen LogP contribution in [0.1, 0.15) is 16.7 Å². The summed E-state index contributed by atoms with van der Waals surface area (Å²) in [6.07, 6.45) is 5.66. The zero-order chi connectivity index (χ0) is 39.2. The minimum atomic E-state index is 0. The van der Waals surface area contributed by atoms with E-state index in [2.05, 4.69) is 161 Å². The van der Waals surface area contributed by atoms with Crippen LogP contribution >= 0.6 is 0 Å². The van der Waals surface area contributed by atoms with Crippen LogP contribution in [0.25, 0.3) is 67.2 Å². The molecular weight excluding hydrogens is 883 g/mol. The van der Waals surface area contributed by atoms with E-state index in [1.165, 1.54) is 50.1 Å². The fraction of sp³-hybridized carbons (Fsp3) is 0.0556. The Labute approximate surface area is 356 Å². The van der Waals surface area contributed by atoms with E-state index in [1.54, 1.807) is 0 Å². The molecule has 0 saturated heterocycles. The average molecular weight is 925 g/mol. The van der Waals surface area contributed by atoms with Gasteiger partial charge in [-0.15, -0.1) is 106 Å². The van der Waals surface area contributed by atoms with Gasteiger partial charge in [0.1, 0.15) is 0 Å². The minimum Gasteiger partial charge on any atom is -0.304 e. The van der Waals surface area contributed by atoms with Crippen molar-refractivity contribution in [1.29, 1.82) is 0 Å². The molecule has 58 heavy (non-hydrogen) atoms. The number of rotatable bonds is 6. The summed E-state index contributed by atoms with van der Waals surface area (Å²) in [5, 5.41) is 0. The van der Waals surface area contributed by atoms with Crippen molar-refractivity contribution < 1.29 is 20.1 Å². The van der Waals surface area contributed by atoms with Crippen LogP contribution in [0.3, 0.4) is 0 Å². The summed E-state index contributed by atoms with van der Waals surface area (Å²) >= 11 is 0. The van der Waals surface area contributed by atoms with Crippen molar-refractivity contribution in [3.8, 4) is 67.2 Å². The van der Waals surface area contributed by atoms with Crippen LogP contribution in [0.5, 0.6) is 0 Å². The molecule has 9 rings (SSSR count). The Morgan fingerprint density at radius 1 is 0.310 bits per heavy atom. The summed E-state index contributed by atoms with van der Waals surface area (Å²) in [6, 6.07) is 71.7. The Bertz CT molecular complexity index is 2310. The molecule has 0 amide bonds. The zero-order valence-corrected chi connectivity index (χ0v) is 35.1. The van der Waals surface area contributed by atoms with Crippen molar-refractivity contribution in [3.63, 3.8) is 0 Å². The molecule has 282 valence electrons. The van der Waals surface area contributed by atoms with Crippen LogP contribution in [0.2, 0.25) is 0 Å². The van der Waals surface area contributed by atoms with Gasteiger partial charge in [-0.3, -0.25) is 0 Å². The number of pyridine rings is 3. The third kappa shape index (κ3) is 11.3. The quantitative estimate of drug-likeness (QED) is 0.156. The monoisotopic (exact) mass is 925 g/mol. The van der Waals surface area contributed by atoms with Crippen molar-refractivity contribution in [2.24, 2.45) is 0 Å². The molecule has 0 radical (unpaired) electrons. The standard InChI is InChI=1S/3C18H14N.Ir/c3*1-14-10-11-18(19-13-14)17-9-5-8-16(12-17)15-6-3-2-4-7-15;/h3*2-8,10-13H,1H3;/q3*-1;+3. The van der Waals surface area contributed by atoms with Gasteiger partial charge in [-0.25, -0.2) is 0 Å². The normalized spacial score (nSPS) is 10.2. The maximum absolute atomic E-state index is 4.45. The second-order valence-corrected chi connectivity index (χ2v) is 13.7. The van der Waals surface area contributed by atoms with E-state index in [9.17, 15) is 0 Å². The van der Waals surface area contributed by atoms with Crippen molar-refractivity contribution in [3.05, 3.63) is 235 Å². The number of benzene rings is 6. The van der Waals surface area contributed by atoms with E-state index in [0.717, 1.165) is 33.8 Å². The molecule has 0 fully saturated rings. The van der Waals surface area contributed by atoms with Gasteiger partial charge < -0.3 is 15.0 Å². The zero-order valence-electron chi connectivity index (χ0n) is 32.7. The molecule has 0 N–H and O–H groups in total. The molecule has 6 aromatic carbocycles. The van der Waals surface area contributed by atoms with Crippen LogP contribution < -0.4 is 0 Å². The van der Waals surface area contributed by atoms with E-state index in [0.29, 0.717) is 0 Å². The molecule has 4 heteroatoms. The predicted octanol–water partition coefficient (Wildman–Crippen LogP) is 13.6. The Kier molecular flexibility index (Phi) is 14.5.